The van der Waals surface area contributed by atoms with Crippen LogP contribution in [-0.2, 0) is 14.3 Å². The summed E-state index contributed by atoms with van der Waals surface area (Å²) >= 11 is 0. The molecule has 0 aliphatic heterocycles. The smallest absolute Gasteiger partial charge is 0.154 e. The number of rotatable bonds is 3. The molecule has 0 bridgehead atoms. The third-order valence-corrected chi connectivity index (χ3v) is 5.54. The number of Topliss-reactive ketones (excluding diaryl/α,β-unsaturated/α-hetero) is 2. The molecule has 3 rings (SSSR count). The summed E-state index contributed by atoms with van der Waals surface area (Å²) in [6.07, 6.45) is 3.70. The SMILES string of the molecule is COC1CCC2(CC1)CC(=O)C(c1cc(ON)ccc1C)C2=O. The van der Waals surface area contributed by atoms with E-state index in [-0.39, 0.29) is 17.7 Å². The molecule has 124 valence electrons. The number of hydrogen-bond acceptors (Lipinski definition) is 5. The van der Waals surface area contributed by atoms with E-state index in [4.69, 9.17) is 15.5 Å². The summed E-state index contributed by atoms with van der Waals surface area (Å²) in [6.45, 7) is 1.91. The van der Waals surface area contributed by atoms with Gasteiger partial charge < -0.3 is 9.57 Å². The van der Waals surface area contributed by atoms with E-state index in [2.05, 4.69) is 0 Å². The van der Waals surface area contributed by atoms with E-state index in [1.54, 1.807) is 19.2 Å². The van der Waals surface area contributed by atoms with Gasteiger partial charge in [-0.15, -0.1) is 0 Å². The molecule has 23 heavy (non-hydrogen) atoms. The maximum absolute atomic E-state index is 13.1. The van der Waals surface area contributed by atoms with Crippen molar-refractivity contribution in [2.75, 3.05) is 7.11 Å². The van der Waals surface area contributed by atoms with Crippen molar-refractivity contribution in [3.05, 3.63) is 29.3 Å². The van der Waals surface area contributed by atoms with Gasteiger partial charge in [0, 0.05) is 18.9 Å². The van der Waals surface area contributed by atoms with Crippen molar-refractivity contribution in [3.8, 4) is 5.75 Å². The fourth-order valence-electron chi connectivity index (χ4n) is 4.10. The van der Waals surface area contributed by atoms with Crippen LogP contribution in [0.4, 0.5) is 0 Å². The topological polar surface area (TPSA) is 78.6 Å². The molecule has 5 nitrogen and oxygen atoms in total. The van der Waals surface area contributed by atoms with E-state index in [0.717, 1.165) is 36.8 Å². The molecule has 2 fully saturated rings. The van der Waals surface area contributed by atoms with Gasteiger partial charge in [-0.3, -0.25) is 9.59 Å². The molecule has 0 amide bonds. The molecule has 0 heterocycles. The Kier molecular flexibility index (Phi) is 4.25. The van der Waals surface area contributed by atoms with E-state index in [1.165, 1.54) is 0 Å². The van der Waals surface area contributed by atoms with E-state index in [1.807, 2.05) is 13.0 Å². The van der Waals surface area contributed by atoms with Gasteiger partial charge in [0.05, 0.1) is 6.10 Å². The number of aryl methyl sites for hydroxylation is 1. The zero-order valence-electron chi connectivity index (χ0n) is 13.6. The van der Waals surface area contributed by atoms with Crippen LogP contribution in [0.15, 0.2) is 18.2 Å². The number of ether oxygens (including phenoxy) is 1. The quantitative estimate of drug-likeness (QED) is 0.684. The Hall–Kier alpha value is -1.72. The summed E-state index contributed by atoms with van der Waals surface area (Å²) in [7, 11) is 1.70. The molecule has 1 atom stereocenters. The summed E-state index contributed by atoms with van der Waals surface area (Å²) in [6, 6.07) is 5.29. The zero-order valence-corrected chi connectivity index (χ0v) is 13.6. The molecule has 0 aromatic heterocycles. The van der Waals surface area contributed by atoms with Gasteiger partial charge in [0.1, 0.15) is 17.5 Å². The molecule has 2 aliphatic rings. The number of carbonyl (C=O) groups excluding carboxylic acids is 2. The predicted octanol–water partition coefficient (Wildman–Crippen LogP) is 2.45. The molecular formula is C18H23NO4. The second-order valence-electron chi connectivity index (χ2n) is 6.79. The first-order chi connectivity index (χ1) is 11.0. The lowest BCUT2D eigenvalue weighted by Crippen LogP contribution is -2.35. The monoisotopic (exact) mass is 317 g/mol. The maximum Gasteiger partial charge on any atom is 0.154 e. The van der Waals surface area contributed by atoms with E-state index in [0.29, 0.717) is 12.2 Å². The van der Waals surface area contributed by atoms with Gasteiger partial charge in [-0.25, -0.2) is 0 Å². The molecule has 2 N–H and O–H groups in total. The van der Waals surface area contributed by atoms with Gasteiger partial charge in [-0.05, 0) is 55.9 Å². The highest BCUT2D eigenvalue weighted by Gasteiger charge is 2.54. The number of benzene rings is 1. The molecule has 1 spiro atoms. The highest BCUT2D eigenvalue weighted by molar-refractivity contribution is 6.16. The van der Waals surface area contributed by atoms with Crippen molar-refractivity contribution in [1.82, 2.24) is 0 Å². The first-order valence-corrected chi connectivity index (χ1v) is 8.08. The summed E-state index contributed by atoms with van der Waals surface area (Å²) < 4.78 is 5.39. The highest BCUT2D eigenvalue weighted by Crippen LogP contribution is 2.50. The molecule has 1 aromatic rings. The van der Waals surface area contributed by atoms with Crippen LogP contribution in [0.25, 0.3) is 0 Å². The number of nitrogens with two attached hydrogens (primary N) is 1. The van der Waals surface area contributed by atoms with E-state index >= 15 is 0 Å². The molecule has 1 aromatic carbocycles. The Bertz CT molecular complexity index is 632. The summed E-state index contributed by atoms with van der Waals surface area (Å²) in [5.74, 6) is 5.09. The lowest BCUT2D eigenvalue weighted by molar-refractivity contribution is -0.130. The second-order valence-corrected chi connectivity index (χ2v) is 6.79. The van der Waals surface area contributed by atoms with Gasteiger partial charge in [0.2, 0.25) is 0 Å². The third kappa shape index (κ3) is 2.68. The Morgan fingerprint density at radius 3 is 2.52 bits per heavy atom. The third-order valence-electron chi connectivity index (χ3n) is 5.54. The van der Waals surface area contributed by atoms with Crippen molar-refractivity contribution < 1.29 is 19.2 Å². The van der Waals surface area contributed by atoms with E-state index in [9.17, 15) is 9.59 Å². The summed E-state index contributed by atoms with van der Waals surface area (Å²) in [4.78, 5) is 30.5. The average molecular weight is 317 g/mol. The molecular weight excluding hydrogens is 294 g/mol. The Balaban J connectivity index is 1.91. The Morgan fingerprint density at radius 2 is 1.91 bits per heavy atom. The normalized spacial score (nSPS) is 30.9. The van der Waals surface area contributed by atoms with Crippen LogP contribution in [0, 0.1) is 12.3 Å². The fraction of sp³-hybridized carbons (Fsp3) is 0.556. The predicted molar refractivity (Wildman–Crippen MR) is 85.1 cm³/mol. The van der Waals surface area contributed by atoms with Crippen LogP contribution in [0.3, 0.4) is 0 Å². The van der Waals surface area contributed by atoms with Gasteiger partial charge in [-0.2, -0.15) is 5.90 Å². The van der Waals surface area contributed by atoms with Gasteiger partial charge in [0.15, 0.2) is 5.78 Å². The minimum Gasteiger partial charge on any atom is -0.412 e. The largest absolute Gasteiger partial charge is 0.412 e. The molecule has 2 aliphatic carbocycles. The molecule has 2 saturated carbocycles. The lowest BCUT2D eigenvalue weighted by atomic mass is 9.70. The second kappa shape index (κ2) is 6.06. The highest BCUT2D eigenvalue weighted by atomic mass is 16.6. The zero-order chi connectivity index (χ0) is 16.6. The van der Waals surface area contributed by atoms with Crippen molar-refractivity contribution in [3.63, 3.8) is 0 Å². The standard InChI is InChI=1S/C18H23NO4/c1-11-3-4-13(23-19)9-14(11)16-15(20)10-18(17(16)21)7-5-12(22-2)6-8-18/h3-4,9,12,16H,5-8,10,19H2,1-2H3. The van der Waals surface area contributed by atoms with Crippen LogP contribution in [0.5, 0.6) is 5.75 Å². The average Bonchev–Trinajstić information content (AvgIpc) is 2.79. The van der Waals surface area contributed by atoms with Crippen LogP contribution >= 0.6 is 0 Å². The Labute approximate surface area is 136 Å². The first kappa shape index (κ1) is 16.1. The van der Waals surface area contributed by atoms with Crippen LogP contribution in [0.1, 0.15) is 49.1 Å². The molecule has 1 unspecified atom stereocenters. The van der Waals surface area contributed by atoms with Crippen molar-refractivity contribution >= 4 is 11.6 Å². The first-order valence-electron chi connectivity index (χ1n) is 8.08. The van der Waals surface area contributed by atoms with Gasteiger partial charge in [0.25, 0.3) is 0 Å². The minimum atomic E-state index is -0.677. The summed E-state index contributed by atoms with van der Waals surface area (Å²) in [5.41, 5.74) is 1.15. The van der Waals surface area contributed by atoms with Crippen molar-refractivity contribution in [2.45, 2.75) is 51.0 Å². The van der Waals surface area contributed by atoms with Crippen molar-refractivity contribution in [1.29, 1.82) is 0 Å². The number of ketones is 2. The minimum absolute atomic E-state index is 0.0168. The van der Waals surface area contributed by atoms with Crippen molar-refractivity contribution in [2.24, 2.45) is 11.3 Å². The molecule has 0 saturated heterocycles. The van der Waals surface area contributed by atoms with Gasteiger partial charge >= 0.3 is 0 Å². The Morgan fingerprint density at radius 1 is 1.22 bits per heavy atom. The number of carbonyl (C=O) groups is 2. The van der Waals surface area contributed by atoms with Gasteiger partial charge in [-0.1, -0.05) is 6.07 Å². The number of hydrogen-bond donors (Lipinski definition) is 1. The molecule has 0 radical (unpaired) electrons. The van der Waals surface area contributed by atoms with Crippen LogP contribution in [0.2, 0.25) is 0 Å². The van der Waals surface area contributed by atoms with E-state index < -0.39 is 11.3 Å². The fourth-order valence-corrected chi connectivity index (χ4v) is 4.10. The van der Waals surface area contributed by atoms with Crippen LogP contribution < -0.4 is 10.7 Å². The lowest BCUT2D eigenvalue weighted by Gasteiger charge is -2.35. The summed E-state index contributed by atoms with van der Waals surface area (Å²) in [5, 5.41) is 0. The maximum atomic E-state index is 13.1. The number of methoxy groups -OCH3 is 1. The van der Waals surface area contributed by atoms with Crippen LogP contribution in [-0.4, -0.2) is 24.8 Å². The molecule has 5 heteroatoms.